The SMILES string of the molecule is CC(=O)O[C@H]([C@@H](OC(C)=O)[C@@H](OC(C)=O)C(=O)NCCN(C)C)[C@H](OC(C)=O)C(=O)NCCN(C)C. The molecule has 206 valence electrons. The van der Waals surface area contributed by atoms with Crippen LogP contribution in [0.4, 0.5) is 0 Å². The van der Waals surface area contributed by atoms with Crippen LogP contribution in [-0.4, -0.2) is 124 Å². The van der Waals surface area contributed by atoms with Gasteiger partial charge in [-0.25, -0.2) is 0 Å². The average molecular weight is 519 g/mol. The van der Waals surface area contributed by atoms with E-state index in [0.29, 0.717) is 13.1 Å². The maximum atomic E-state index is 13.0. The number of nitrogens with zero attached hydrogens (tertiary/aromatic N) is 2. The van der Waals surface area contributed by atoms with Crippen LogP contribution in [0.1, 0.15) is 27.7 Å². The zero-order chi connectivity index (χ0) is 28.0. The highest BCUT2D eigenvalue weighted by Gasteiger charge is 2.48. The minimum Gasteiger partial charge on any atom is -0.454 e. The second-order valence-corrected chi connectivity index (χ2v) is 8.40. The molecule has 0 radical (unpaired) electrons. The molecule has 0 aromatic heterocycles. The van der Waals surface area contributed by atoms with E-state index in [1.54, 1.807) is 38.0 Å². The molecule has 2 N–H and O–H groups in total. The summed E-state index contributed by atoms with van der Waals surface area (Å²) in [4.78, 5) is 77.1. The van der Waals surface area contributed by atoms with E-state index in [1.807, 2.05) is 0 Å². The molecule has 14 nitrogen and oxygen atoms in total. The van der Waals surface area contributed by atoms with Crippen LogP contribution in [0.15, 0.2) is 0 Å². The Bertz CT molecular complexity index is 723. The summed E-state index contributed by atoms with van der Waals surface area (Å²) >= 11 is 0. The molecule has 0 rings (SSSR count). The summed E-state index contributed by atoms with van der Waals surface area (Å²) in [5.41, 5.74) is 0. The van der Waals surface area contributed by atoms with Gasteiger partial charge in [0.1, 0.15) is 0 Å². The molecule has 0 aromatic carbocycles. The Kier molecular flexibility index (Phi) is 14.9. The summed E-state index contributed by atoms with van der Waals surface area (Å²) in [5, 5.41) is 5.07. The Morgan fingerprint density at radius 1 is 0.556 bits per heavy atom. The molecule has 0 heterocycles. The van der Waals surface area contributed by atoms with Gasteiger partial charge in [0.25, 0.3) is 11.8 Å². The van der Waals surface area contributed by atoms with E-state index in [0.717, 1.165) is 27.7 Å². The second-order valence-electron chi connectivity index (χ2n) is 8.40. The highest BCUT2D eigenvalue weighted by molar-refractivity contribution is 5.87. The van der Waals surface area contributed by atoms with Crippen LogP contribution in [0.25, 0.3) is 0 Å². The topological polar surface area (TPSA) is 170 Å². The maximum absolute atomic E-state index is 13.0. The van der Waals surface area contributed by atoms with Crippen LogP contribution in [0.3, 0.4) is 0 Å². The molecule has 0 saturated carbocycles. The van der Waals surface area contributed by atoms with Gasteiger partial charge in [0.05, 0.1) is 0 Å². The number of ether oxygens (including phenoxy) is 4. The first-order valence-electron chi connectivity index (χ1n) is 11.2. The average Bonchev–Trinajstić information content (AvgIpc) is 2.71. The molecule has 36 heavy (non-hydrogen) atoms. The van der Waals surface area contributed by atoms with Crippen LogP contribution in [0.2, 0.25) is 0 Å². The highest BCUT2D eigenvalue weighted by atomic mass is 16.6. The van der Waals surface area contributed by atoms with Gasteiger partial charge in [-0.3, -0.25) is 28.8 Å². The zero-order valence-electron chi connectivity index (χ0n) is 22.1. The van der Waals surface area contributed by atoms with Crippen molar-refractivity contribution in [2.24, 2.45) is 0 Å². The lowest BCUT2D eigenvalue weighted by Crippen LogP contribution is -2.59. The van der Waals surface area contributed by atoms with E-state index in [4.69, 9.17) is 18.9 Å². The third-order valence-corrected chi connectivity index (χ3v) is 4.34. The van der Waals surface area contributed by atoms with Gasteiger partial charge in [-0.05, 0) is 28.2 Å². The molecule has 0 spiro atoms. The molecular formula is C22H38N4O10. The van der Waals surface area contributed by atoms with E-state index in [1.165, 1.54) is 0 Å². The summed E-state index contributed by atoms with van der Waals surface area (Å²) in [7, 11) is 7.08. The quantitative estimate of drug-likeness (QED) is 0.182. The van der Waals surface area contributed by atoms with Gasteiger partial charge in [0.2, 0.25) is 12.2 Å². The van der Waals surface area contributed by atoms with E-state index < -0.39 is 60.1 Å². The van der Waals surface area contributed by atoms with Gasteiger partial charge in [0, 0.05) is 53.9 Å². The lowest BCUT2D eigenvalue weighted by atomic mass is 10.00. The minimum absolute atomic E-state index is 0.132. The number of nitrogens with one attached hydrogen (secondary N) is 2. The van der Waals surface area contributed by atoms with Crippen molar-refractivity contribution in [3.63, 3.8) is 0 Å². The lowest BCUT2D eigenvalue weighted by Gasteiger charge is -2.34. The number of carbonyl (C=O) groups is 6. The molecule has 0 aromatic rings. The van der Waals surface area contributed by atoms with Gasteiger partial charge in [-0.15, -0.1) is 0 Å². The van der Waals surface area contributed by atoms with Crippen LogP contribution >= 0.6 is 0 Å². The van der Waals surface area contributed by atoms with Gasteiger partial charge in [-0.1, -0.05) is 0 Å². The number of likely N-dealkylation sites (N-methyl/N-ethyl adjacent to an activating group) is 2. The molecule has 0 aliphatic heterocycles. The fourth-order valence-corrected chi connectivity index (χ4v) is 2.89. The summed E-state index contributed by atoms with van der Waals surface area (Å²) in [6.07, 6.45) is -7.35. The number of amides is 2. The molecular weight excluding hydrogens is 480 g/mol. The Morgan fingerprint density at radius 2 is 0.833 bits per heavy atom. The molecule has 0 aliphatic carbocycles. The Balaban J connectivity index is 6.44. The smallest absolute Gasteiger partial charge is 0.303 e. The first-order chi connectivity index (χ1) is 16.6. The molecule has 0 fully saturated rings. The molecule has 0 bridgehead atoms. The van der Waals surface area contributed by atoms with Crippen molar-refractivity contribution < 1.29 is 47.7 Å². The van der Waals surface area contributed by atoms with Crippen molar-refractivity contribution in [2.75, 3.05) is 54.4 Å². The molecule has 2 amide bonds. The Hall–Kier alpha value is -3.26. The molecule has 0 saturated heterocycles. The summed E-state index contributed by atoms with van der Waals surface area (Å²) < 4.78 is 20.7. The van der Waals surface area contributed by atoms with Crippen molar-refractivity contribution in [1.29, 1.82) is 0 Å². The van der Waals surface area contributed by atoms with Crippen molar-refractivity contribution in [3.8, 4) is 0 Å². The van der Waals surface area contributed by atoms with Crippen molar-refractivity contribution in [1.82, 2.24) is 20.4 Å². The minimum atomic E-state index is -1.84. The Morgan fingerprint density at radius 3 is 1.06 bits per heavy atom. The van der Waals surface area contributed by atoms with Crippen LogP contribution in [-0.2, 0) is 47.7 Å². The van der Waals surface area contributed by atoms with E-state index in [9.17, 15) is 28.8 Å². The number of carbonyl (C=O) groups excluding carboxylic acids is 6. The molecule has 0 aliphatic rings. The third kappa shape index (κ3) is 13.6. The van der Waals surface area contributed by atoms with Gasteiger partial charge in [0.15, 0.2) is 12.2 Å². The van der Waals surface area contributed by atoms with Gasteiger partial charge < -0.3 is 39.4 Å². The van der Waals surface area contributed by atoms with Crippen molar-refractivity contribution in [3.05, 3.63) is 0 Å². The molecule has 14 heteroatoms. The van der Waals surface area contributed by atoms with Crippen molar-refractivity contribution in [2.45, 2.75) is 52.1 Å². The largest absolute Gasteiger partial charge is 0.454 e. The third-order valence-electron chi connectivity index (χ3n) is 4.34. The van der Waals surface area contributed by atoms with Gasteiger partial charge in [-0.2, -0.15) is 0 Å². The zero-order valence-corrected chi connectivity index (χ0v) is 22.1. The second kappa shape index (κ2) is 16.4. The first-order valence-corrected chi connectivity index (χ1v) is 11.2. The molecule has 0 unspecified atom stereocenters. The van der Waals surface area contributed by atoms with Crippen molar-refractivity contribution >= 4 is 35.7 Å². The van der Waals surface area contributed by atoms with Crippen LogP contribution in [0, 0.1) is 0 Å². The number of rotatable bonds is 15. The highest BCUT2D eigenvalue weighted by Crippen LogP contribution is 2.20. The van der Waals surface area contributed by atoms with E-state index in [-0.39, 0.29) is 13.1 Å². The fourth-order valence-electron chi connectivity index (χ4n) is 2.89. The number of hydrogen-bond donors (Lipinski definition) is 2. The molecule has 4 atom stereocenters. The maximum Gasteiger partial charge on any atom is 0.303 e. The lowest BCUT2D eigenvalue weighted by molar-refractivity contribution is -0.200. The number of hydrogen-bond acceptors (Lipinski definition) is 12. The predicted octanol–water partition coefficient (Wildman–Crippen LogP) is -1.93. The van der Waals surface area contributed by atoms with Crippen LogP contribution < -0.4 is 10.6 Å². The Labute approximate surface area is 210 Å². The monoisotopic (exact) mass is 518 g/mol. The predicted molar refractivity (Wildman–Crippen MR) is 125 cm³/mol. The summed E-state index contributed by atoms with van der Waals surface area (Å²) in [6.45, 7) is 5.16. The van der Waals surface area contributed by atoms with E-state index in [2.05, 4.69) is 10.6 Å². The fraction of sp³-hybridized carbons (Fsp3) is 0.727. The first kappa shape index (κ1) is 32.7. The van der Waals surface area contributed by atoms with Crippen LogP contribution in [0.5, 0.6) is 0 Å². The number of esters is 4. The normalized spacial score (nSPS) is 14.2. The van der Waals surface area contributed by atoms with Gasteiger partial charge >= 0.3 is 23.9 Å². The van der Waals surface area contributed by atoms with E-state index >= 15 is 0 Å². The summed E-state index contributed by atoms with van der Waals surface area (Å²) in [5.74, 6) is -5.48. The summed E-state index contributed by atoms with van der Waals surface area (Å²) in [6, 6.07) is 0. The standard InChI is InChI=1S/C22H38N4O10/c1-13(27)33-17(19(35-15(3)29)21(31)23-9-11-25(5)6)18(34-14(2)28)20(36-16(4)30)22(32)24-10-12-26(7)8/h17-20H,9-12H2,1-8H3,(H,23,31)(H,24,32)/t17-,18-,19-,20+/m1/s1.